The van der Waals surface area contributed by atoms with Crippen LogP contribution in [0.25, 0.3) is 28.1 Å². The molecule has 6 heteroatoms. The van der Waals surface area contributed by atoms with Crippen LogP contribution in [-0.4, -0.2) is 16.6 Å². The van der Waals surface area contributed by atoms with E-state index in [0.717, 1.165) is 33.3 Å². The molecule has 0 fully saturated rings. The molecule has 0 atom stereocenters. The third-order valence-electron chi connectivity index (χ3n) is 5.57. The van der Waals surface area contributed by atoms with Gasteiger partial charge in [-0.05, 0) is 60.0 Å². The monoisotopic (exact) mass is 423 g/mol. The Labute approximate surface area is 185 Å². The lowest BCUT2D eigenvalue weighted by atomic mass is 10.0. The molecule has 0 aliphatic carbocycles. The molecule has 1 aromatic heterocycles. The largest absolute Gasteiger partial charge is 0.495 e. The van der Waals surface area contributed by atoms with E-state index in [4.69, 9.17) is 4.74 Å². The van der Waals surface area contributed by atoms with Crippen molar-refractivity contribution in [2.75, 3.05) is 7.11 Å². The van der Waals surface area contributed by atoms with Crippen molar-refractivity contribution in [3.05, 3.63) is 99.4 Å². The molecule has 0 spiro atoms. The smallest absolute Gasteiger partial charge is 0.271 e. The zero-order chi connectivity index (χ0) is 22.8. The molecule has 0 bridgehead atoms. The van der Waals surface area contributed by atoms with Gasteiger partial charge < -0.3 is 9.30 Å². The summed E-state index contributed by atoms with van der Waals surface area (Å²) in [5, 5.41) is 23.3. The fourth-order valence-electron chi connectivity index (χ4n) is 3.96. The summed E-state index contributed by atoms with van der Waals surface area (Å²) in [5.74, 6) is 0.531. The van der Waals surface area contributed by atoms with E-state index in [-0.39, 0.29) is 5.69 Å². The molecule has 0 radical (unpaired) electrons. The number of hydrogen-bond donors (Lipinski definition) is 0. The van der Waals surface area contributed by atoms with Gasteiger partial charge in [-0.25, -0.2) is 0 Å². The van der Waals surface area contributed by atoms with Gasteiger partial charge in [0.2, 0.25) is 0 Å². The normalized spacial score (nSPS) is 11.4. The van der Waals surface area contributed by atoms with E-state index < -0.39 is 4.92 Å². The fraction of sp³-hybridized carbons (Fsp3) is 0.115. The highest BCUT2D eigenvalue weighted by molar-refractivity contribution is 5.94. The van der Waals surface area contributed by atoms with E-state index in [2.05, 4.69) is 6.07 Å². The van der Waals surface area contributed by atoms with Gasteiger partial charge >= 0.3 is 0 Å². The van der Waals surface area contributed by atoms with Crippen molar-refractivity contribution in [2.45, 2.75) is 13.8 Å². The van der Waals surface area contributed by atoms with Gasteiger partial charge in [-0.3, -0.25) is 10.1 Å². The average molecular weight is 423 g/mol. The number of aromatic nitrogens is 1. The number of methoxy groups -OCH3 is 1. The molecule has 0 aliphatic heterocycles. The molecule has 0 saturated carbocycles. The van der Waals surface area contributed by atoms with E-state index in [1.54, 1.807) is 6.07 Å². The van der Waals surface area contributed by atoms with E-state index in [0.29, 0.717) is 17.0 Å². The van der Waals surface area contributed by atoms with Crippen LogP contribution < -0.4 is 4.74 Å². The van der Waals surface area contributed by atoms with Crippen LogP contribution in [0.4, 0.5) is 5.69 Å². The molecule has 158 valence electrons. The first-order valence-electron chi connectivity index (χ1n) is 10.1. The van der Waals surface area contributed by atoms with Crippen molar-refractivity contribution in [1.82, 2.24) is 4.57 Å². The third kappa shape index (κ3) is 3.72. The third-order valence-corrected chi connectivity index (χ3v) is 5.57. The molecule has 6 nitrogen and oxygen atoms in total. The minimum absolute atomic E-state index is 0.0146. The number of nitriles is 1. The van der Waals surface area contributed by atoms with Gasteiger partial charge in [-0.15, -0.1) is 0 Å². The van der Waals surface area contributed by atoms with Crippen molar-refractivity contribution in [1.29, 1.82) is 5.26 Å². The quantitative estimate of drug-likeness (QED) is 0.216. The van der Waals surface area contributed by atoms with Crippen molar-refractivity contribution in [3.63, 3.8) is 0 Å². The number of non-ortho nitro benzene ring substituents is 1. The lowest BCUT2D eigenvalue weighted by molar-refractivity contribution is -0.384. The predicted molar refractivity (Wildman–Crippen MR) is 126 cm³/mol. The number of nitro groups is 1. The average Bonchev–Trinajstić information content (AvgIpc) is 3.09. The van der Waals surface area contributed by atoms with Gasteiger partial charge in [0, 0.05) is 23.5 Å². The second-order valence-corrected chi connectivity index (χ2v) is 7.51. The molecular formula is C26H21N3O3. The summed E-state index contributed by atoms with van der Waals surface area (Å²) < 4.78 is 7.36. The Morgan fingerprint density at radius 1 is 1.06 bits per heavy atom. The maximum Gasteiger partial charge on any atom is 0.271 e. The molecular weight excluding hydrogens is 402 g/mol. The van der Waals surface area contributed by atoms with Gasteiger partial charge in [-0.1, -0.05) is 36.4 Å². The Balaban J connectivity index is 1.84. The van der Waals surface area contributed by atoms with Crippen LogP contribution in [0.2, 0.25) is 0 Å². The summed E-state index contributed by atoms with van der Waals surface area (Å²) in [6.45, 7) is 3.84. The van der Waals surface area contributed by atoms with E-state index in [1.165, 1.54) is 19.2 Å². The van der Waals surface area contributed by atoms with Crippen molar-refractivity contribution >= 4 is 28.1 Å². The number of ether oxygens (including phenoxy) is 1. The zero-order valence-electron chi connectivity index (χ0n) is 18.0. The first kappa shape index (κ1) is 20.9. The van der Waals surface area contributed by atoms with Crippen molar-refractivity contribution < 1.29 is 9.66 Å². The summed E-state index contributed by atoms with van der Waals surface area (Å²) in [6, 6.07) is 22.8. The first-order valence-corrected chi connectivity index (χ1v) is 10.1. The van der Waals surface area contributed by atoms with Gasteiger partial charge in [0.1, 0.15) is 5.75 Å². The van der Waals surface area contributed by atoms with Crippen LogP contribution in [0.15, 0.2) is 66.7 Å². The Morgan fingerprint density at radius 3 is 2.50 bits per heavy atom. The molecule has 0 amide bonds. The number of nitrogens with zero attached hydrogens (tertiary/aromatic N) is 3. The second-order valence-electron chi connectivity index (χ2n) is 7.51. The summed E-state index contributed by atoms with van der Waals surface area (Å²) in [5.41, 5.74) is 4.55. The van der Waals surface area contributed by atoms with Crippen LogP contribution in [0.5, 0.6) is 5.75 Å². The predicted octanol–water partition coefficient (Wildman–Crippen LogP) is 6.23. The number of benzene rings is 3. The maximum atomic E-state index is 11.3. The Bertz CT molecular complexity index is 1420. The van der Waals surface area contributed by atoms with Crippen LogP contribution in [0.3, 0.4) is 0 Å². The fourth-order valence-corrected chi connectivity index (χ4v) is 3.96. The second kappa shape index (κ2) is 8.40. The van der Waals surface area contributed by atoms with Gasteiger partial charge in [0.15, 0.2) is 0 Å². The van der Waals surface area contributed by atoms with E-state index in [1.807, 2.05) is 73.0 Å². The highest BCUT2D eigenvalue weighted by Crippen LogP contribution is 2.33. The number of allylic oxidation sites excluding steroid dienone is 1. The standard InChI is InChI=1S/C26H21N3O3/c1-17-12-22(14-23(16-27)21-9-8-19-6-4-5-7-20(19)13-21)18(2)28(17)25-15-24(29(30)31)10-11-26(25)32-3/h4-15H,1-3H3/b23-14-. The minimum Gasteiger partial charge on any atom is -0.495 e. The molecule has 4 rings (SSSR count). The van der Waals surface area contributed by atoms with Gasteiger partial charge in [-0.2, -0.15) is 5.26 Å². The summed E-state index contributed by atoms with van der Waals surface area (Å²) in [4.78, 5) is 10.9. The Hall–Kier alpha value is -4.37. The lowest BCUT2D eigenvalue weighted by Crippen LogP contribution is -2.03. The molecule has 32 heavy (non-hydrogen) atoms. The summed E-state index contributed by atoms with van der Waals surface area (Å²) in [6.07, 6.45) is 1.85. The molecule has 0 saturated heterocycles. The minimum atomic E-state index is -0.425. The SMILES string of the molecule is COc1ccc([N+](=O)[O-])cc1-n1c(C)cc(/C=C(/C#N)c2ccc3ccccc3c2)c1C. The van der Waals surface area contributed by atoms with Gasteiger partial charge in [0.25, 0.3) is 5.69 Å². The molecule has 1 heterocycles. The lowest BCUT2D eigenvalue weighted by Gasteiger charge is -2.14. The number of fused-ring (bicyclic) bond motifs is 1. The first-order chi connectivity index (χ1) is 15.4. The topological polar surface area (TPSA) is 81.1 Å². The molecule has 0 unspecified atom stereocenters. The van der Waals surface area contributed by atoms with Crippen LogP contribution in [0, 0.1) is 35.3 Å². The maximum absolute atomic E-state index is 11.3. The highest BCUT2D eigenvalue weighted by atomic mass is 16.6. The van der Waals surface area contributed by atoms with E-state index in [9.17, 15) is 15.4 Å². The van der Waals surface area contributed by atoms with Crippen molar-refractivity contribution in [3.8, 4) is 17.5 Å². The number of hydrogen-bond acceptors (Lipinski definition) is 4. The molecule has 3 aromatic carbocycles. The molecule has 0 N–H and O–H groups in total. The summed E-state index contributed by atoms with van der Waals surface area (Å²) >= 11 is 0. The Kier molecular flexibility index (Phi) is 5.48. The highest BCUT2D eigenvalue weighted by Gasteiger charge is 2.18. The van der Waals surface area contributed by atoms with Gasteiger partial charge in [0.05, 0.1) is 29.4 Å². The van der Waals surface area contributed by atoms with Crippen LogP contribution in [0.1, 0.15) is 22.5 Å². The molecule has 4 aromatic rings. The Morgan fingerprint density at radius 2 is 1.81 bits per heavy atom. The number of nitro benzene ring substituents is 1. The van der Waals surface area contributed by atoms with Crippen LogP contribution >= 0.6 is 0 Å². The van der Waals surface area contributed by atoms with Crippen molar-refractivity contribution in [2.24, 2.45) is 0 Å². The zero-order valence-corrected chi connectivity index (χ0v) is 18.0. The van der Waals surface area contributed by atoms with Crippen LogP contribution in [-0.2, 0) is 0 Å². The molecule has 0 aliphatic rings. The number of rotatable bonds is 5. The van der Waals surface area contributed by atoms with E-state index >= 15 is 0 Å². The summed E-state index contributed by atoms with van der Waals surface area (Å²) in [7, 11) is 1.53. The number of aryl methyl sites for hydroxylation is 1.